The highest BCUT2D eigenvalue weighted by Crippen LogP contribution is 2.32. The van der Waals surface area contributed by atoms with Crippen LogP contribution in [0.1, 0.15) is 31.9 Å². The first-order valence-electron chi connectivity index (χ1n) is 9.62. The van der Waals surface area contributed by atoms with E-state index < -0.39 is 0 Å². The second kappa shape index (κ2) is 13.1. The third-order valence-corrected chi connectivity index (χ3v) is 4.74. The largest absolute Gasteiger partial charge is 0.493 e. The molecule has 0 spiro atoms. The average Bonchev–Trinajstić information content (AvgIpc) is 2.68. The number of nitrogens with zero attached hydrogens (tertiary/aromatic N) is 2. The highest BCUT2D eigenvalue weighted by molar-refractivity contribution is 14.0. The summed E-state index contributed by atoms with van der Waals surface area (Å²) in [6, 6.07) is 6.14. The Balaban J connectivity index is 0.00000392. The van der Waals surface area contributed by atoms with Gasteiger partial charge in [-0.2, -0.15) is 0 Å². The fraction of sp³-hybridized carbons (Fsp3) is 0.650. The molecule has 1 aromatic rings. The zero-order chi connectivity index (χ0) is 19.6. The van der Waals surface area contributed by atoms with E-state index in [9.17, 15) is 0 Å². The fourth-order valence-corrected chi connectivity index (χ4v) is 3.11. The van der Waals surface area contributed by atoms with Crippen LogP contribution in [0.5, 0.6) is 11.5 Å². The number of rotatable bonds is 9. The third kappa shape index (κ3) is 7.63. The van der Waals surface area contributed by atoms with Crippen LogP contribution in [0, 0.1) is 5.92 Å². The van der Waals surface area contributed by atoms with Gasteiger partial charge in [-0.3, -0.25) is 9.89 Å². The maximum atomic E-state index is 6.07. The lowest BCUT2D eigenvalue weighted by molar-refractivity contribution is 0.0179. The van der Waals surface area contributed by atoms with Crippen LogP contribution in [0.25, 0.3) is 0 Å². The van der Waals surface area contributed by atoms with Crippen molar-refractivity contribution in [1.29, 1.82) is 0 Å². The Morgan fingerprint density at radius 1 is 1.21 bits per heavy atom. The van der Waals surface area contributed by atoms with Crippen molar-refractivity contribution in [1.82, 2.24) is 10.2 Å². The van der Waals surface area contributed by atoms with Gasteiger partial charge in [0.05, 0.1) is 40.0 Å². The number of aliphatic imine (C=N–C) groups is 1. The van der Waals surface area contributed by atoms with Gasteiger partial charge in [-0.15, -0.1) is 24.0 Å². The van der Waals surface area contributed by atoms with Crippen LogP contribution in [-0.4, -0.2) is 64.5 Å². The number of halogens is 1. The van der Waals surface area contributed by atoms with Crippen molar-refractivity contribution in [3.8, 4) is 11.5 Å². The van der Waals surface area contributed by atoms with Gasteiger partial charge in [-0.05, 0) is 30.0 Å². The van der Waals surface area contributed by atoms with E-state index in [0.717, 1.165) is 56.3 Å². The molecule has 1 unspecified atom stereocenters. The van der Waals surface area contributed by atoms with E-state index in [4.69, 9.17) is 19.9 Å². The standard InChI is InChI=1S/C20H34N4O3.HI/c1-15(2)7-8-22-20(21)23-14-17(24-9-11-27-12-10-24)16-5-6-18(25-3)19(13-16)26-4;/h5-6,13,15,17H,7-12,14H2,1-4H3,(H3,21,22,23);1H. The minimum atomic E-state index is 0. The first kappa shape index (κ1) is 24.8. The highest BCUT2D eigenvalue weighted by Gasteiger charge is 2.23. The molecule has 0 aliphatic carbocycles. The SMILES string of the molecule is COc1ccc(C(CN=C(N)NCCC(C)C)N2CCOCC2)cc1OC.I. The van der Waals surface area contributed by atoms with Gasteiger partial charge in [-0.25, -0.2) is 0 Å². The predicted molar refractivity (Wildman–Crippen MR) is 124 cm³/mol. The lowest BCUT2D eigenvalue weighted by atomic mass is 10.0. The number of morpholine rings is 1. The number of hydrogen-bond donors (Lipinski definition) is 2. The molecular weight excluding hydrogens is 471 g/mol. The van der Waals surface area contributed by atoms with Crippen LogP contribution in [-0.2, 0) is 4.74 Å². The lowest BCUT2D eigenvalue weighted by Crippen LogP contribution is -2.41. The number of ether oxygens (including phenoxy) is 3. The van der Waals surface area contributed by atoms with E-state index in [1.165, 1.54) is 0 Å². The zero-order valence-corrected chi connectivity index (χ0v) is 19.8. The summed E-state index contributed by atoms with van der Waals surface area (Å²) in [5, 5.41) is 3.20. The van der Waals surface area contributed by atoms with Gasteiger partial charge in [0.25, 0.3) is 0 Å². The van der Waals surface area contributed by atoms with Crippen LogP contribution in [0.3, 0.4) is 0 Å². The molecule has 0 saturated carbocycles. The zero-order valence-electron chi connectivity index (χ0n) is 17.4. The molecule has 1 aliphatic rings. The summed E-state index contributed by atoms with van der Waals surface area (Å²) < 4.78 is 16.3. The summed E-state index contributed by atoms with van der Waals surface area (Å²) in [4.78, 5) is 6.98. The van der Waals surface area contributed by atoms with Crippen molar-refractivity contribution < 1.29 is 14.2 Å². The highest BCUT2D eigenvalue weighted by atomic mass is 127. The number of methoxy groups -OCH3 is 2. The van der Waals surface area contributed by atoms with Crippen molar-refractivity contribution >= 4 is 29.9 Å². The molecular formula is C20H35IN4O3. The molecule has 8 heteroatoms. The molecule has 0 radical (unpaired) electrons. The molecule has 7 nitrogen and oxygen atoms in total. The number of guanidine groups is 1. The monoisotopic (exact) mass is 506 g/mol. The van der Waals surface area contributed by atoms with Gasteiger partial charge >= 0.3 is 0 Å². The van der Waals surface area contributed by atoms with E-state index in [2.05, 4.69) is 35.1 Å². The molecule has 0 bridgehead atoms. The van der Waals surface area contributed by atoms with Crippen LogP contribution >= 0.6 is 24.0 Å². The van der Waals surface area contributed by atoms with Crippen molar-refractivity contribution in [2.75, 3.05) is 53.6 Å². The van der Waals surface area contributed by atoms with Gasteiger partial charge in [-0.1, -0.05) is 19.9 Å². The van der Waals surface area contributed by atoms with Gasteiger partial charge in [0.2, 0.25) is 0 Å². The van der Waals surface area contributed by atoms with Crippen molar-refractivity contribution in [3.05, 3.63) is 23.8 Å². The Kier molecular flexibility index (Phi) is 11.6. The molecule has 1 saturated heterocycles. The predicted octanol–water partition coefficient (Wildman–Crippen LogP) is 2.65. The Labute approximate surface area is 186 Å². The van der Waals surface area contributed by atoms with Crippen molar-refractivity contribution in [2.45, 2.75) is 26.3 Å². The van der Waals surface area contributed by atoms with E-state index >= 15 is 0 Å². The van der Waals surface area contributed by atoms with Gasteiger partial charge in [0.15, 0.2) is 17.5 Å². The molecule has 0 amide bonds. The summed E-state index contributed by atoms with van der Waals surface area (Å²) in [6.45, 7) is 9.01. The second-order valence-electron chi connectivity index (χ2n) is 7.11. The Morgan fingerprint density at radius 2 is 1.89 bits per heavy atom. The summed E-state index contributed by atoms with van der Waals surface area (Å²) in [5.74, 6) is 2.58. The third-order valence-electron chi connectivity index (χ3n) is 4.74. The maximum absolute atomic E-state index is 6.07. The number of hydrogen-bond acceptors (Lipinski definition) is 5. The molecule has 160 valence electrons. The van der Waals surface area contributed by atoms with Crippen molar-refractivity contribution in [3.63, 3.8) is 0 Å². The molecule has 1 fully saturated rings. The fourth-order valence-electron chi connectivity index (χ4n) is 3.11. The number of nitrogens with one attached hydrogen (secondary N) is 1. The first-order chi connectivity index (χ1) is 13.0. The maximum Gasteiger partial charge on any atom is 0.188 e. The molecule has 1 heterocycles. The number of benzene rings is 1. The Morgan fingerprint density at radius 3 is 2.50 bits per heavy atom. The van der Waals surface area contributed by atoms with Crippen LogP contribution in [0.2, 0.25) is 0 Å². The average molecular weight is 506 g/mol. The van der Waals surface area contributed by atoms with Gasteiger partial charge < -0.3 is 25.3 Å². The molecule has 28 heavy (non-hydrogen) atoms. The van der Waals surface area contributed by atoms with E-state index in [1.54, 1.807) is 14.2 Å². The van der Waals surface area contributed by atoms with Crippen LogP contribution < -0.4 is 20.5 Å². The molecule has 0 aromatic heterocycles. The van der Waals surface area contributed by atoms with E-state index in [-0.39, 0.29) is 30.0 Å². The van der Waals surface area contributed by atoms with Gasteiger partial charge in [0.1, 0.15) is 0 Å². The minimum absolute atomic E-state index is 0. The normalized spacial score (nSPS) is 16.4. The molecule has 2 rings (SSSR count). The van der Waals surface area contributed by atoms with E-state index in [0.29, 0.717) is 18.4 Å². The summed E-state index contributed by atoms with van der Waals surface area (Å²) in [5.41, 5.74) is 7.20. The number of nitrogens with two attached hydrogens (primary N) is 1. The summed E-state index contributed by atoms with van der Waals surface area (Å²) in [6.07, 6.45) is 1.07. The summed E-state index contributed by atoms with van der Waals surface area (Å²) in [7, 11) is 3.30. The van der Waals surface area contributed by atoms with Crippen molar-refractivity contribution in [2.24, 2.45) is 16.6 Å². The molecule has 3 N–H and O–H groups in total. The smallest absolute Gasteiger partial charge is 0.188 e. The minimum Gasteiger partial charge on any atom is -0.493 e. The summed E-state index contributed by atoms with van der Waals surface area (Å²) >= 11 is 0. The second-order valence-corrected chi connectivity index (χ2v) is 7.11. The first-order valence-corrected chi connectivity index (χ1v) is 9.62. The molecule has 1 atom stereocenters. The van der Waals surface area contributed by atoms with E-state index in [1.807, 2.05) is 12.1 Å². The lowest BCUT2D eigenvalue weighted by Gasteiger charge is -2.34. The Hall–Kier alpha value is -1.26. The van der Waals surface area contributed by atoms with Crippen LogP contribution in [0.15, 0.2) is 23.2 Å². The molecule has 1 aliphatic heterocycles. The van der Waals surface area contributed by atoms with Crippen LogP contribution in [0.4, 0.5) is 0 Å². The topological polar surface area (TPSA) is 81.3 Å². The quantitative estimate of drug-likeness (QED) is 0.305. The Bertz CT molecular complexity index is 607. The molecule has 1 aromatic carbocycles. The van der Waals surface area contributed by atoms with Gasteiger partial charge in [0, 0.05) is 19.6 Å².